The highest BCUT2D eigenvalue weighted by molar-refractivity contribution is 6.17. The highest BCUT2D eigenvalue weighted by Crippen LogP contribution is 2.33. The number of hydrogen-bond acceptors (Lipinski definition) is 3. The molecule has 19 heavy (non-hydrogen) atoms. The van der Waals surface area contributed by atoms with Gasteiger partial charge in [-0.3, -0.25) is 0 Å². The van der Waals surface area contributed by atoms with Crippen molar-refractivity contribution in [3.63, 3.8) is 0 Å². The van der Waals surface area contributed by atoms with Crippen LogP contribution in [0.15, 0.2) is 22.6 Å². The van der Waals surface area contributed by atoms with E-state index in [1.807, 2.05) is 0 Å². The molecule has 0 atom stereocenters. The lowest BCUT2D eigenvalue weighted by Gasteiger charge is -2.07. The monoisotopic (exact) mass is 294 g/mol. The molecule has 0 unspecified atom stereocenters. The van der Waals surface area contributed by atoms with Crippen LogP contribution in [-0.4, -0.2) is 16.1 Å². The zero-order valence-corrected chi connectivity index (χ0v) is 10.1. The number of nitrogens with zero attached hydrogens (tertiary/aromatic N) is 2. The van der Waals surface area contributed by atoms with Crippen molar-refractivity contribution in [2.24, 2.45) is 0 Å². The Hall–Kier alpha value is -1.63. The zero-order valence-electron chi connectivity index (χ0n) is 9.34. The van der Waals surface area contributed by atoms with Crippen LogP contribution in [0.5, 0.6) is 0 Å². The van der Waals surface area contributed by atoms with E-state index in [4.69, 9.17) is 16.0 Å². The van der Waals surface area contributed by atoms with Crippen LogP contribution in [-0.2, 0) is 12.6 Å². The standard InChI is InChI=1S/C11H7ClF4N2O/c12-4-3-9-17-18-10(19-9)7-5-6(11(14,15)16)1-2-8(7)13/h1-2,5H,3-4H2. The second-order valence-corrected chi connectivity index (χ2v) is 4.01. The molecular formula is C11H7ClF4N2O. The SMILES string of the molecule is Fc1ccc(C(F)(F)F)cc1-c1nnc(CCCl)o1. The van der Waals surface area contributed by atoms with Crippen LogP contribution in [0, 0.1) is 5.82 Å². The number of benzene rings is 1. The molecule has 0 spiro atoms. The fraction of sp³-hybridized carbons (Fsp3) is 0.273. The highest BCUT2D eigenvalue weighted by atomic mass is 35.5. The summed E-state index contributed by atoms with van der Waals surface area (Å²) in [6.45, 7) is 0. The largest absolute Gasteiger partial charge is 0.421 e. The molecule has 2 aromatic rings. The first-order valence-electron chi connectivity index (χ1n) is 5.17. The molecule has 8 heteroatoms. The maximum atomic E-state index is 13.5. The lowest BCUT2D eigenvalue weighted by molar-refractivity contribution is -0.137. The van der Waals surface area contributed by atoms with E-state index in [0.29, 0.717) is 18.2 Å². The van der Waals surface area contributed by atoms with Gasteiger partial charge in [-0.05, 0) is 18.2 Å². The van der Waals surface area contributed by atoms with E-state index in [2.05, 4.69) is 10.2 Å². The first kappa shape index (κ1) is 13.8. The summed E-state index contributed by atoms with van der Waals surface area (Å²) in [5, 5.41) is 7.07. The van der Waals surface area contributed by atoms with Crippen LogP contribution in [0.2, 0.25) is 0 Å². The fourth-order valence-electron chi connectivity index (χ4n) is 1.41. The number of alkyl halides is 4. The highest BCUT2D eigenvalue weighted by Gasteiger charge is 2.31. The number of aryl methyl sites for hydroxylation is 1. The first-order valence-corrected chi connectivity index (χ1v) is 5.70. The predicted octanol–water partition coefficient (Wildman–Crippen LogP) is 3.68. The van der Waals surface area contributed by atoms with Gasteiger partial charge in [-0.1, -0.05) is 0 Å². The van der Waals surface area contributed by atoms with Crippen molar-refractivity contribution in [1.82, 2.24) is 10.2 Å². The van der Waals surface area contributed by atoms with E-state index in [1.165, 1.54) is 0 Å². The molecule has 0 aliphatic heterocycles. The molecule has 2 rings (SSSR count). The lowest BCUT2D eigenvalue weighted by Crippen LogP contribution is -2.05. The molecular weight excluding hydrogens is 288 g/mol. The number of hydrogen-bond donors (Lipinski definition) is 0. The average molecular weight is 295 g/mol. The topological polar surface area (TPSA) is 38.9 Å². The van der Waals surface area contributed by atoms with E-state index in [9.17, 15) is 17.6 Å². The second kappa shape index (κ2) is 5.16. The number of aromatic nitrogens is 2. The minimum absolute atomic E-state index is 0.141. The maximum Gasteiger partial charge on any atom is 0.416 e. The molecule has 0 N–H and O–H groups in total. The molecule has 102 valence electrons. The van der Waals surface area contributed by atoms with Gasteiger partial charge in [0, 0.05) is 12.3 Å². The Kier molecular flexibility index (Phi) is 3.75. The summed E-state index contributed by atoms with van der Waals surface area (Å²) in [6.07, 6.45) is -4.31. The van der Waals surface area contributed by atoms with Gasteiger partial charge in [0.2, 0.25) is 5.89 Å². The van der Waals surface area contributed by atoms with Crippen molar-refractivity contribution in [3.8, 4) is 11.5 Å². The van der Waals surface area contributed by atoms with Gasteiger partial charge in [0.1, 0.15) is 5.82 Å². The zero-order chi connectivity index (χ0) is 14.0. The van der Waals surface area contributed by atoms with Crippen LogP contribution >= 0.6 is 11.6 Å². The summed E-state index contributed by atoms with van der Waals surface area (Å²) in [6, 6.07) is 1.99. The van der Waals surface area contributed by atoms with E-state index in [-0.39, 0.29) is 29.6 Å². The Balaban J connectivity index is 2.42. The van der Waals surface area contributed by atoms with Crippen LogP contribution in [0.1, 0.15) is 11.5 Å². The Morgan fingerprint density at radius 1 is 1.21 bits per heavy atom. The van der Waals surface area contributed by atoms with Gasteiger partial charge in [0.05, 0.1) is 11.1 Å². The van der Waals surface area contributed by atoms with Crippen molar-refractivity contribution in [2.75, 3.05) is 5.88 Å². The third-order valence-electron chi connectivity index (χ3n) is 2.30. The summed E-state index contributed by atoms with van der Waals surface area (Å²) in [5.41, 5.74) is -1.37. The molecule has 0 fully saturated rings. The van der Waals surface area contributed by atoms with Gasteiger partial charge in [-0.15, -0.1) is 21.8 Å². The van der Waals surface area contributed by atoms with Crippen LogP contribution in [0.3, 0.4) is 0 Å². The molecule has 0 aliphatic carbocycles. The maximum absolute atomic E-state index is 13.5. The molecule has 0 aliphatic rings. The molecule has 0 saturated carbocycles. The minimum Gasteiger partial charge on any atom is -0.421 e. The first-order chi connectivity index (χ1) is 8.91. The van der Waals surface area contributed by atoms with Crippen LogP contribution in [0.25, 0.3) is 11.5 Å². The van der Waals surface area contributed by atoms with Crippen molar-refractivity contribution in [3.05, 3.63) is 35.5 Å². The van der Waals surface area contributed by atoms with Crippen molar-refractivity contribution in [2.45, 2.75) is 12.6 Å². The van der Waals surface area contributed by atoms with E-state index < -0.39 is 17.6 Å². The fourth-order valence-corrected chi connectivity index (χ4v) is 1.57. The van der Waals surface area contributed by atoms with Crippen LogP contribution < -0.4 is 0 Å². The Morgan fingerprint density at radius 3 is 2.58 bits per heavy atom. The Bertz CT molecular complexity index is 582. The smallest absolute Gasteiger partial charge is 0.416 e. The van der Waals surface area contributed by atoms with Gasteiger partial charge in [0.25, 0.3) is 5.89 Å². The molecule has 1 aromatic carbocycles. The Morgan fingerprint density at radius 2 is 1.95 bits per heavy atom. The molecule has 1 aromatic heterocycles. The van der Waals surface area contributed by atoms with Gasteiger partial charge in [0.15, 0.2) is 0 Å². The summed E-state index contributed by atoms with van der Waals surface area (Å²) < 4.78 is 56.2. The minimum atomic E-state index is -4.57. The molecule has 0 bridgehead atoms. The van der Waals surface area contributed by atoms with E-state index in [0.717, 1.165) is 0 Å². The van der Waals surface area contributed by atoms with Crippen molar-refractivity contribution in [1.29, 1.82) is 0 Å². The quantitative estimate of drug-likeness (QED) is 0.640. The van der Waals surface area contributed by atoms with Gasteiger partial charge in [-0.25, -0.2) is 4.39 Å². The molecule has 1 heterocycles. The van der Waals surface area contributed by atoms with Gasteiger partial charge < -0.3 is 4.42 Å². The average Bonchev–Trinajstić information content (AvgIpc) is 2.77. The predicted molar refractivity (Wildman–Crippen MR) is 59.1 cm³/mol. The summed E-state index contributed by atoms with van der Waals surface area (Å²) in [5.74, 6) is -0.813. The third-order valence-corrected chi connectivity index (χ3v) is 2.49. The van der Waals surface area contributed by atoms with Gasteiger partial charge >= 0.3 is 6.18 Å². The third kappa shape index (κ3) is 3.04. The number of rotatable bonds is 3. The van der Waals surface area contributed by atoms with Crippen LogP contribution in [0.4, 0.5) is 17.6 Å². The summed E-state index contributed by atoms with van der Waals surface area (Å²) in [4.78, 5) is 0. The van der Waals surface area contributed by atoms with Crippen molar-refractivity contribution >= 4 is 11.6 Å². The lowest BCUT2D eigenvalue weighted by atomic mass is 10.1. The summed E-state index contributed by atoms with van der Waals surface area (Å²) >= 11 is 5.46. The molecule has 3 nitrogen and oxygen atoms in total. The molecule has 0 radical (unpaired) electrons. The Labute approximate surface area is 110 Å². The molecule has 0 amide bonds. The van der Waals surface area contributed by atoms with Gasteiger partial charge in [-0.2, -0.15) is 13.2 Å². The number of halogens is 5. The second-order valence-electron chi connectivity index (χ2n) is 3.63. The molecule has 0 saturated heterocycles. The van der Waals surface area contributed by atoms with Crippen molar-refractivity contribution < 1.29 is 22.0 Å². The van der Waals surface area contributed by atoms with E-state index >= 15 is 0 Å². The normalized spacial score (nSPS) is 11.8. The van der Waals surface area contributed by atoms with E-state index in [1.54, 1.807) is 0 Å². The summed E-state index contributed by atoms with van der Waals surface area (Å²) in [7, 11) is 0.